The second-order valence-electron chi connectivity index (χ2n) is 6.96. The molecule has 1 unspecified atom stereocenters. The van der Waals surface area contributed by atoms with Gasteiger partial charge in [0, 0.05) is 18.2 Å². The molecule has 2 aromatic carbocycles. The molecule has 1 aliphatic rings. The van der Waals surface area contributed by atoms with Crippen molar-refractivity contribution < 1.29 is 9.18 Å². The van der Waals surface area contributed by atoms with E-state index in [4.69, 9.17) is 0 Å². The number of nitrogens with zero attached hydrogens (tertiary/aromatic N) is 2. The van der Waals surface area contributed by atoms with Crippen LogP contribution >= 0.6 is 0 Å². The maximum Gasteiger partial charge on any atom is 0.255 e. The van der Waals surface area contributed by atoms with Crippen LogP contribution in [0, 0.1) is 12.7 Å². The molecule has 2 N–H and O–H groups in total. The molecule has 138 valence electrons. The van der Waals surface area contributed by atoms with Crippen LogP contribution in [0.4, 0.5) is 10.1 Å². The zero-order valence-corrected chi connectivity index (χ0v) is 15.3. The maximum absolute atomic E-state index is 13.1. The summed E-state index contributed by atoms with van der Waals surface area (Å²) in [6.07, 6.45) is 2.53. The number of nitrogens with one attached hydrogen (secondary N) is 2. The molecule has 0 radical (unpaired) electrons. The molecule has 1 atom stereocenters. The lowest BCUT2D eigenvalue weighted by Gasteiger charge is -2.23. The second-order valence-corrected chi connectivity index (χ2v) is 6.96. The van der Waals surface area contributed by atoms with Crippen molar-refractivity contribution in [3.05, 3.63) is 76.9 Å². The Kier molecular flexibility index (Phi) is 4.49. The Morgan fingerprint density at radius 1 is 1.22 bits per heavy atom. The molecule has 6 heteroatoms. The summed E-state index contributed by atoms with van der Waals surface area (Å²) in [6, 6.07) is 12.3. The van der Waals surface area contributed by atoms with Crippen molar-refractivity contribution >= 4 is 11.6 Å². The van der Waals surface area contributed by atoms with Gasteiger partial charge in [-0.3, -0.25) is 4.79 Å². The second kappa shape index (κ2) is 6.96. The van der Waals surface area contributed by atoms with Gasteiger partial charge in [0.15, 0.2) is 0 Å². The normalized spacial score (nSPS) is 16.0. The van der Waals surface area contributed by atoms with Crippen LogP contribution in [0.3, 0.4) is 0 Å². The molecule has 4 rings (SSSR count). The molecule has 27 heavy (non-hydrogen) atoms. The van der Waals surface area contributed by atoms with Gasteiger partial charge in [-0.05, 0) is 67.8 Å². The number of benzene rings is 2. The van der Waals surface area contributed by atoms with E-state index < -0.39 is 0 Å². The first kappa shape index (κ1) is 17.4. The monoisotopic (exact) mass is 364 g/mol. The van der Waals surface area contributed by atoms with Gasteiger partial charge in [-0.2, -0.15) is 5.10 Å². The molecular weight excluding hydrogens is 343 g/mol. The van der Waals surface area contributed by atoms with Crippen molar-refractivity contribution in [2.45, 2.75) is 32.9 Å². The fourth-order valence-corrected chi connectivity index (χ4v) is 3.39. The van der Waals surface area contributed by atoms with Gasteiger partial charge in [-0.15, -0.1) is 0 Å². The fraction of sp³-hybridized carbons (Fsp3) is 0.238. The number of fused-ring (bicyclic) bond motifs is 1. The van der Waals surface area contributed by atoms with Crippen LogP contribution in [-0.4, -0.2) is 21.7 Å². The summed E-state index contributed by atoms with van der Waals surface area (Å²) in [7, 11) is 0. The number of hydrogen-bond donors (Lipinski definition) is 2. The zero-order valence-electron chi connectivity index (χ0n) is 15.3. The Labute approximate surface area is 157 Å². The van der Waals surface area contributed by atoms with E-state index in [1.165, 1.54) is 23.3 Å². The minimum Gasteiger partial charge on any atom is -0.319 e. The molecular formula is C21H21FN4O. The molecule has 5 nitrogen and oxygen atoms in total. The predicted molar refractivity (Wildman–Crippen MR) is 103 cm³/mol. The highest BCUT2D eigenvalue weighted by Crippen LogP contribution is 2.22. The van der Waals surface area contributed by atoms with Crippen LogP contribution in [0.2, 0.25) is 0 Å². The molecule has 1 aromatic heterocycles. The number of halogens is 1. The number of amides is 1. The van der Waals surface area contributed by atoms with Crippen LogP contribution in [0.15, 0.2) is 48.7 Å². The summed E-state index contributed by atoms with van der Waals surface area (Å²) >= 11 is 0. The largest absolute Gasteiger partial charge is 0.319 e. The lowest BCUT2D eigenvalue weighted by Crippen LogP contribution is -2.33. The van der Waals surface area contributed by atoms with E-state index in [1.807, 2.05) is 25.1 Å². The van der Waals surface area contributed by atoms with Gasteiger partial charge >= 0.3 is 0 Å². The number of carbonyl (C=O) groups excluding carboxylic acids is 1. The Bertz CT molecular complexity index is 994. The summed E-state index contributed by atoms with van der Waals surface area (Å²) in [6.45, 7) is 4.84. The molecule has 1 aliphatic heterocycles. The number of anilines is 1. The fourth-order valence-electron chi connectivity index (χ4n) is 3.39. The summed E-state index contributed by atoms with van der Waals surface area (Å²) in [5, 5.41) is 10.7. The van der Waals surface area contributed by atoms with Crippen molar-refractivity contribution in [2.24, 2.45) is 0 Å². The van der Waals surface area contributed by atoms with E-state index in [0.717, 1.165) is 24.3 Å². The summed E-state index contributed by atoms with van der Waals surface area (Å²) < 4.78 is 14.8. The lowest BCUT2D eigenvalue weighted by molar-refractivity contribution is 0.102. The van der Waals surface area contributed by atoms with Crippen LogP contribution in [0.25, 0.3) is 5.69 Å². The van der Waals surface area contributed by atoms with Crippen molar-refractivity contribution in [2.75, 3.05) is 5.32 Å². The third-order valence-corrected chi connectivity index (χ3v) is 4.96. The topological polar surface area (TPSA) is 59.0 Å². The highest BCUT2D eigenvalue weighted by molar-refractivity contribution is 6.04. The van der Waals surface area contributed by atoms with Crippen molar-refractivity contribution in [3.8, 4) is 5.69 Å². The van der Waals surface area contributed by atoms with E-state index in [0.29, 0.717) is 17.3 Å². The summed E-state index contributed by atoms with van der Waals surface area (Å²) in [5.41, 5.74) is 5.25. The molecule has 0 saturated heterocycles. The van der Waals surface area contributed by atoms with Crippen LogP contribution in [-0.2, 0) is 13.0 Å². The Hall–Kier alpha value is -2.99. The minimum absolute atomic E-state index is 0.161. The molecule has 0 aliphatic carbocycles. The maximum atomic E-state index is 13.1. The van der Waals surface area contributed by atoms with Gasteiger partial charge in [0.25, 0.3) is 5.91 Å². The van der Waals surface area contributed by atoms with E-state index in [1.54, 1.807) is 23.0 Å². The van der Waals surface area contributed by atoms with Crippen LogP contribution in [0.1, 0.15) is 34.1 Å². The van der Waals surface area contributed by atoms with Gasteiger partial charge in [0.05, 0.1) is 23.3 Å². The lowest BCUT2D eigenvalue weighted by atomic mass is 9.94. The number of hydrogen-bond acceptors (Lipinski definition) is 3. The van der Waals surface area contributed by atoms with E-state index in [2.05, 4.69) is 22.7 Å². The molecule has 3 aromatic rings. The molecule has 0 spiro atoms. The first-order valence-electron chi connectivity index (χ1n) is 8.98. The highest BCUT2D eigenvalue weighted by Gasteiger charge is 2.17. The van der Waals surface area contributed by atoms with Gasteiger partial charge in [0.1, 0.15) is 5.82 Å². The molecule has 0 bridgehead atoms. The van der Waals surface area contributed by atoms with Gasteiger partial charge in [0.2, 0.25) is 0 Å². The Morgan fingerprint density at radius 2 is 2.00 bits per heavy atom. The van der Waals surface area contributed by atoms with Crippen molar-refractivity contribution in [1.82, 2.24) is 15.1 Å². The zero-order chi connectivity index (χ0) is 19.0. The smallest absolute Gasteiger partial charge is 0.255 e. The third kappa shape index (κ3) is 3.48. The average molecular weight is 364 g/mol. The summed E-state index contributed by atoms with van der Waals surface area (Å²) in [4.78, 5) is 12.7. The van der Waals surface area contributed by atoms with Crippen LogP contribution in [0.5, 0.6) is 0 Å². The molecule has 2 heterocycles. The number of carbonyl (C=O) groups is 1. The summed E-state index contributed by atoms with van der Waals surface area (Å²) in [5.74, 6) is -0.459. The molecule has 0 fully saturated rings. The minimum atomic E-state index is -0.297. The van der Waals surface area contributed by atoms with Crippen LogP contribution < -0.4 is 10.6 Å². The average Bonchev–Trinajstić information content (AvgIpc) is 3.02. The third-order valence-electron chi connectivity index (χ3n) is 4.96. The van der Waals surface area contributed by atoms with E-state index in [9.17, 15) is 9.18 Å². The first-order chi connectivity index (χ1) is 13.0. The van der Waals surface area contributed by atoms with Gasteiger partial charge < -0.3 is 10.6 Å². The molecule has 1 amide bonds. The first-order valence-corrected chi connectivity index (χ1v) is 8.98. The van der Waals surface area contributed by atoms with Gasteiger partial charge in [-0.1, -0.05) is 6.07 Å². The quantitative estimate of drug-likeness (QED) is 0.746. The Balaban J connectivity index is 1.55. The van der Waals surface area contributed by atoms with E-state index in [-0.39, 0.29) is 11.7 Å². The van der Waals surface area contributed by atoms with E-state index >= 15 is 0 Å². The predicted octanol–water partition coefficient (Wildman–Crippen LogP) is 3.61. The molecule has 0 saturated carbocycles. The standard InChI is InChI=1S/C21H21FN4O/c1-13-9-17-10-15(3-4-16(17)11-23-13)21(27)25-20-12-24-26(14(20)2)19-7-5-18(22)6-8-19/h3-8,10,12-13,23H,9,11H2,1-2H3,(H,25,27). The highest BCUT2D eigenvalue weighted by atomic mass is 19.1. The van der Waals surface area contributed by atoms with Crippen molar-refractivity contribution in [3.63, 3.8) is 0 Å². The van der Waals surface area contributed by atoms with Gasteiger partial charge in [-0.25, -0.2) is 9.07 Å². The SMILES string of the molecule is Cc1c(NC(=O)c2ccc3c(c2)CC(C)NC3)cnn1-c1ccc(F)cc1. The van der Waals surface area contributed by atoms with Crippen molar-refractivity contribution in [1.29, 1.82) is 0 Å². The Morgan fingerprint density at radius 3 is 2.78 bits per heavy atom. The number of aromatic nitrogens is 2. The number of rotatable bonds is 3.